The minimum Gasteiger partial charge on any atom is -0.314 e. The third-order valence-electron chi connectivity index (χ3n) is 4.35. The van der Waals surface area contributed by atoms with Crippen LogP contribution in [0.1, 0.15) is 47.5 Å². The Bertz CT molecular complexity index is 187. The summed E-state index contributed by atoms with van der Waals surface area (Å²) in [4.78, 5) is 2.75. The zero-order valence-electron chi connectivity index (χ0n) is 11.8. The van der Waals surface area contributed by atoms with E-state index in [9.17, 15) is 0 Å². The molecule has 0 aromatic rings. The molecule has 0 aromatic heterocycles. The van der Waals surface area contributed by atoms with Gasteiger partial charge < -0.3 is 5.32 Å². The molecule has 0 spiro atoms. The van der Waals surface area contributed by atoms with E-state index in [0.29, 0.717) is 0 Å². The molecule has 1 aliphatic heterocycles. The zero-order chi connectivity index (χ0) is 12.1. The fourth-order valence-electron chi connectivity index (χ4n) is 3.11. The van der Waals surface area contributed by atoms with Crippen LogP contribution in [-0.2, 0) is 0 Å². The van der Waals surface area contributed by atoms with E-state index in [0.717, 1.165) is 30.5 Å². The van der Waals surface area contributed by atoms with Crippen molar-refractivity contribution in [3.63, 3.8) is 0 Å². The fourth-order valence-corrected chi connectivity index (χ4v) is 3.11. The molecule has 0 aromatic carbocycles. The van der Waals surface area contributed by atoms with Gasteiger partial charge in [-0.25, -0.2) is 0 Å². The molecule has 0 bridgehead atoms. The Kier molecular flexibility index (Phi) is 5.77. The van der Waals surface area contributed by atoms with Gasteiger partial charge in [0.15, 0.2) is 0 Å². The Labute approximate surface area is 102 Å². The first-order chi connectivity index (χ1) is 7.61. The Morgan fingerprint density at radius 3 is 2.31 bits per heavy atom. The Hall–Kier alpha value is -0.0800. The first-order valence-corrected chi connectivity index (χ1v) is 7.08. The lowest BCUT2D eigenvalue weighted by atomic mass is 9.90. The topological polar surface area (TPSA) is 15.3 Å². The van der Waals surface area contributed by atoms with Crippen molar-refractivity contribution >= 4 is 0 Å². The molecule has 2 atom stereocenters. The van der Waals surface area contributed by atoms with Crippen LogP contribution in [0.4, 0.5) is 0 Å². The average Bonchev–Trinajstić information content (AvgIpc) is 2.30. The van der Waals surface area contributed by atoms with Gasteiger partial charge in [-0.2, -0.15) is 0 Å². The van der Waals surface area contributed by atoms with Gasteiger partial charge in [-0.3, -0.25) is 4.90 Å². The highest BCUT2D eigenvalue weighted by Crippen LogP contribution is 2.24. The van der Waals surface area contributed by atoms with Gasteiger partial charge in [0.2, 0.25) is 0 Å². The van der Waals surface area contributed by atoms with Crippen molar-refractivity contribution in [1.29, 1.82) is 0 Å². The van der Waals surface area contributed by atoms with E-state index in [1.54, 1.807) is 0 Å². The van der Waals surface area contributed by atoms with E-state index in [1.165, 1.54) is 25.9 Å². The predicted molar refractivity (Wildman–Crippen MR) is 71.7 cm³/mol. The van der Waals surface area contributed by atoms with Crippen LogP contribution in [0.25, 0.3) is 0 Å². The van der Waals surface area contributed by atoms with Gasteiger partial charge in [-0.15, -0.1) is 0 Å². The normalized spacial score (nSPS) is 25.3. The lowest BCUT2D eigenvalue weighted by Crippen LogP contribution is -2.57. The third kappa shape index (κ3) is 3.21. The van der Waals surface area contributed by atoms with Crippen molar-refractivity contribution in [1.82, 2.24) is 10.2 Å². The molecule has 96 valence electrons. The number of piperazine rings is 1. The second-order valence-corrected chi connectivity index (χ2v) is 5.57. The summed E-state index contributed by atoms with van der Waals surface area (Å²) in [6.07, 6.45) is 2.62. The third-order valence-corrected chi connectivity index (χ3v) is 4.35. The SMILES string of the molecule is CCC(CC)C(C)N1CCNCC1C(C)C. The van der Waals surface area contributed by atoms with Crippen LogP contribution in [0.2, 0.25) is 0 Å². The summed E-state index contributed by atoms with van der Waals surface area (Å²) in [5.41, 5.74) is 0. The highest BCUT2D eigenvalue weighted by Gasteiger charge is 2.31. The quantitative estimate of drug-likeness (QED) is 0.775. The molecule has 2 unspecified atom stereocenters. The molecule has 2 heteroatoms. The Morgan fingerprint density at radius 2 is 1.81 bits per heavy atom. The van der Waals surface area contributed by atoms with Crippen molar-refractivity contribution < 1.29 is 0 Å². The molecule has 0 saturated carbocycles. The molecule has 1 N–H and O–H groups in total. The van der Waals surface area contributed by atoms with Gasteiger partial charge in [0.1, 0.15) is 0 Å². The summed E-state index contributed by atoms with van der Waals surface area (Å²) in [5.74, 6) is 1.61. The van der Waals surface area contributed by atoms with Crippen LogP contribution < -0.4 is 5.32 Å². The maximum Gasteiger partial charge on any atom is 0.0247 e. The van der Waals surface area contributed by atoms with Crippen LogP contribution in [0.5, 0.6) is 0 Å². The van der Waals surface area contributed by atoms with Crippen molar-refractivity contribution in [2.45, 2.75) is 59.5 Å². The first-order valence-electron chi connectivity index (χ1n) is 7.08. The molecule has 1 saturated heterocycles. The number of nitrogens with zero attached hydrogens (tertiary/aromatic N) is 1. The molecule has 0 aliphatic carbocycles. The smallest absolute Gasteiger partial charge is 0.0247 e. The zero-order valence-corrected chi connectivity index (χ0v) is 11.8. The monoisotopic (exact) mass is 226 g/mol. The standard InChI is InChI=1S/C14H30N2/c1-6-13(7-2)12(5)16-9-8-15-10-14(16)11(3)4/h11-15H,6-10H2,1-5H3. The molecule has 1 rings (SSSR count). The molecule has 2 nitrogen and oxygen atoms in total. The fraction of sp³-hybridized carbons (Fsp3) is 1.00. The molecule has 1 heterocycles. The Balaban J connectivity index is 2.66. The van der Waals surface area contributed by atoms with Crippen molar-refractivity contribution in [2.75, 3.05) is 19.6 Å². The van der Waals surface area contributed by atoms with E-state index < -0.39 is 0 Å². The maximum atomic E-state index is 3.53. The van der Waals surface area contributed by atoms with Crippen LogP contribution >= 0.6 is 0 Å². The molecular weight excluding hydrogens is 196 g/mol. The van der Waals surface area contributed by atoms with Gasteiger partial charge in [-0.1, -0.05) is 40.5 Å². The number of hydrogen-bond donors (Lipinski definition) is 1. The van der Waals surface area contributed by atoms with Gasteiger partial charge in [0.05, 0.1) is 0 Å². The second kappa shape index (κ2) is 6.61. The average molecular weight is 226 g/mol. The van der Waals surface area contributed by atoms with Crippen LogP contribution in [0.3, 0.4) is 0 Å². The highest BCUT2D eigenvalue weighted by molar-refractivity contribution is 4.87. The van der Waals surface area contributed by atoms with Crippen LogP contribution in [-0.4, -0.2) is 36.6 Å². The summed E-state index contributed by atoms with van der Waals surface area (Å²) >= 11 is 0. The number of rotatable bonds is 5. The van der Waals surface area contributed by atoms with Crippen molar-refractivity contribution in [3.05, 3.63) is 0 Å². The summed E-state index contributed by atoms with van der Waals surface area (Å²) in [6.45, 7) is 15.3. The summed E-state index contributed by atoms with van der Waals surface area (Å²) in [7, 11) is 0. The number of nitrogens with one attached hydrogen (secondary N) is 1. The molecule has 1 aliphatic rings. The lowest BCUT2D eigenvalue weighted by Gasteiger charge is -2.44. The predicted octanol–water partition coefficient (Wildman–Crippen LogP) is 2.74. The van der Waals surface area contributed by atoms with E-state index in [4.69, 9.17) is 0 Å². The van der Waals surface area contributed by atoms with Crippen LogP contribution in [0.15, 0.2) is 0 Å². The van der Waals surface area contributed by atoms with Crippen molar-refractivity contribution in [3.8, 4) is 0 Å². The highest BCUT2D eigenvalue weighted by atomic mass is 15.2. The van der Waals surface area contributed by atoms with E-state index in [-0.39, 0.29) is 0 Å². The summed E-state index contributed by atoms with van der Waals surface area (Å²) < 4.78 is 0. The number of hydrogen-bond acceptors (Lipinski definition) is 2. The largest absolute Gasteiger partial charge is 0.314 e. The van der Waals surface area contributed by atoms with E-state index >= 15 is 0 Å². The van der Waals surface area contributed by atoms with Crippen LogP contribution in [0, 0.1) is 11.8 Å². The summed E-state index contributed by atoms with van der Waals surface area (Å²) in [5, 5.41) is 3.53. The molecule has 1 fully saturated rings. The second-order valence-electron chi connectivity index (χ2n) is 5.57. The van der Waals surface area contributed by atoms with Gasteiger partial charge in [-0.05, 0) is 18.8 Å². The first kappa shape index (κ1) is 14.0. The Morgan fingerprint density at radius 1 is 1.19 bits per heavy atom. The molecule has 0 amide bonds. The van der Waals surface area contributed by atoms with Gasteiger partial charge in [0.25, 0.3) is 0 Å². The van der Waals surface area contributed by atoms with Crippen molar-refractivity contribution in [2.24, 2.45) is 11.8 Å². The lowest BCUT2D eigenvalue weighted by molar-refractivity contribution is 0.0534. The molecule has 16 heavy (non-hydrogen) atoms. The van der Waals surface area contributed by atoms with E-state index in [1.807, 2.05) is 0 Å². The summed E-state index contributed by atoms with van der Waals surface area (Å²) in [6, 6.07) is 1.47. The minimum atomic E-state index is 0.726. The van der Waals surface area contributed by atoms with Gasteiger partial charge in [0, 0.05) is 31.7 Å². The van der Waals surface area contributed by atoms with Gasteiger partial charge >= 0.3 is 0 Å². The molecule has 0 radical (unpaired) electrons. The minimum absolute atomic E-state index is 0.726. The van der Waals surface area contributed by atoms with E-state index in [2.05, 4.69) is 44.8 Å². The maximum absolute atomic E-state index is 3.53. The molecular formula is C14H30N2.